The molecule has 5 nitrogen and oxygen atoms in total. The van der Waals surface area contributed by atoms with Crippen LogP contribution < -0.4 is 5.73 Å². The van der Waals surface area contributed by atoms with Gasteiger partial charge in [-0.05, 0) is 18.9 Å². The quantitative estimate of drug-likeness (QED) is 0.865. The van der Waals surface area contributed by atoms with E-state index in [1.54, 1.807) is 0 Å². The molecule has 1 saturated heterocycles. The van der Waals surface area contributed by atoms with E-state index in [0.717, 1.165) is 24.2 Å². The molecule has 0 radical (unpaired) electrons. The van der Waals surface area contributed by atoms with Crippen molar-refractivity contribution in [2.24, 2.45) is 5.73 Å². The highest BCUT2D eigenvalue weighted by atomic mass is 32.2. The van der Waals surface area contributed by atoms with E-state index in [2.05, 4.69) is 0 Å². The third-order valence-electron chi connectivity index (χ3n) is 2.52. The Morgan fingerprint density at radius 1 is 1.38 bits per heavy atom. The lowest BCUT2D eigenvalue weighted by Gasteiger charge is -2.13. The normalized spacial score (nSPS) is 17.8. The van der Waals surface area contributed by atoms with Gasteiger partial charge in [-0.2, -0.15) is 4.31 Å². The van der Waals surface area contributed by atoms with Gasteiger partial charge in [0.2, 0.25) is 5.91 Å². The summed E-state index contributed by atoms with van der Waals surface area (Å²) in [5.74, 6) is -0.598. The maximum atomic E-state index is 12.1. The van der Waals surface area contributed by atoms with Crippen LogP contribution in [-0.4, -0.2) is 31.7 Å². The van der Waals surface area contributed by atoms with Gasteiger partial charge < -0.3 is 5.73 Å². The predicted molar refractivity (Wildman–Crippen MR) is 60.8 cm³/mol. The smallest absolute Gasteiger partial charge is 0.252 e. The molecule has 0 unspecified atom stereocenters. The molecule has 2 rings (SSSR count). The van der Waals surface area contributed by atoms with Crippen molar-refractivity contribution in [2.45, 2.75) is 17.1 Å². The summed E-state index contributed by atoms with van der Waals surface area (Å²) in [7, 11) is -3.41. The van der Waals surface area contributed by atoms with Crippen LogP contribution in [0.1, 0.15) is 23.2 Å². The van der Waals surface area contributed by atoms with Crippen molar-refractivity contribution in [1.82, 2.24) is 4.31 Å². The molecule has 2 N–H and O–H groups in total. The van der Waals surface area contributed by atoms with E-state index in [4.69, 9.17) is 5.73 Å². The summed E-state index contributed by atoms with van der Waals surface area (Å²) in [6.07, 6.45) is 1.79. The summed E-state index contributed by atoms with van der Waals surface area (Å²) < 4.78 is 25.8. The molecular weight excluding hydrogens is 248 g/mol. The van der Waals surface area contributed by atoms with Crippen LogP contribution in [0, 0.1) is 0 Å². The third kappa shape index (κ3) is 1.98. The Labute approximate surface area is 97.9 Å². The second-order valence-electron chi connectivity index (χ2n) is 3.63. The first kappa shape index (κ1) is 11.6. The minimum absolute atomic E-state index is 0.197. The maximum Gasteiger partial charge on any atom is 0.252 e. The number of sulfonamides is 1. The highest BCUT2D eigenvalue weighted by Gasteiger charge is 2.28. The zero-order chi connectivity index (χ0) is 11.8. The van der Waals surface area contributed by atoms with Gasteiger partial charge in [0, 0.05) is 18.5 Å². The molecule has 0 atom stereocenters. The first-order valence-corrected chi connectivity index (χ1v) is 7.22. The van der Waals surface area contributed by atoms with E-state index >= 15 is 0 Å². The number of thiophene rings is 1. The number of nitrogens with zero attached hydrogens (tertiary/aromatic N) is 1. The van der Waals surface area contributed by atoms with Gasteiger partial charge in [-0.1, -0.05) is 0 Å². The number of rotatable bonds is 3. The van der Waals surface area contributed by atoms with E-state index < -0.39 is 15.9 Å². The lowest BCUT2D eigenvalue weighted by molar-refractivity contribution is 0.100. The fourth-order valence-electron chi connectivity index (χ4n) is 1.64. The minimum Gasteiger partial charge on any atom is -0.366 e. The summed E-state index contributed by atoms with van der Waals surface area (Å²) in [5, 5.41) is 1.48. The molecule has 0 spiro atoms. The fraction of sp³-hybridized carbons (Fsp3) is 0.444. The van der Waals surface area contributed by atoms with Gasteiger partial charge in [0.05, 0.1) is 5.56 Å². The van der Waals surface area contributed by atoms with Crippen molar-refractivity contribution in [3.63, 3.8) is 0 Å². The molecule has 1 aliphatic heterocycles. The summed E-state index contributed by atoms with van der Waals surface area (Å²) in [6.45, 7) is 1.12. The lowest BCUT2D eigenvalue weighted by atomic mass is 10.3. The van der Waals surface area contributed by atoms with Crippen molar-refractivity contribution in [2.75, 3.05) is 13.1 Å². The van der Waals surface area contributed by atoms with Crippen LogP contribution in [0.25, 0.3) is 0 Å². The Morgan fingerprint density at radius 2 is 2.00 bits per heavy atom. The first-order chi connectivity index (χ1) is 7.51. The summed E-state index contributed by atoms with van der Waals surface area (Å²) >= 11 is 1.04. The number of primary amides is 1. The molecule has 1 aliphatic rings. The number of carbonyl (C=O) groups excluding carboxylic acids is 1. The van der Waals surface area contributed by atoms with Crippen LogP contribution in [0.3, 0.4) is 0 Å². The van der Waals surface area contributed by atoms with Crippen molar-refractivity contribution in [3.05, 3.63) is 17.0 Å². The molecule has 1 aromatic heterocycles. The molecule has 2 heterocycles. The van der Waals surface area contributed by atoms with Crippen LogP contribution in [0.15, 0.2) is 15.7 Å². The Hall–Kier alpha value is -0.920. The van der Waals surface area contributed by atoms with E-state index in [0.29, 0.717) is 13.1 Å². The van der Waals surface area contributed by atoms with Crippen LogP contribution in [0.5, 0.6) is 0 Å². The Bertz CT molecular complexity index is 501. The van der Waals surface area contributed by atoms with Gasteiger partial charge in [0.15, 0.2) is 0 Å². The second-order valence-corrected chi connectivity index (χ2v) is 6.71. The molecule has 1 amide bonds. The fourth-order valence-corrected chi connectivity index (χ4v) is 4.48. The molecule has 0 bridgehead atoms. The van der Waals surface area contributed by atoms with Crippen LogP contribution in [0.4, 0.5) is 0 Å². The number of hydrogen-bond acceptors (Lipinski definition) is 4. The Kier molecular flexibility index (Phi) is 3.00. The topological polar surface area (TPSA) is 80.5 Å². The number of carbonyl (C=O) groups is 1. The molecule has 0 aliphatic carbocycles. The SMILES string of the molecule is NC(=O)c1csc(S(=O)(=O)N2CCCC2)c1. The standard InChI is InChI=1S/C9H12N2O3S2/c10-9(12)7-5-8(15-6-7)16(13,14)11-3-1-2-4-11/h5-6H,1-4H2,(H2,10,12). The zero-order valence-corrected chi connectivity index (χ0v) is 10.2. The average Bonchev–Trinajstić information content (AvgIpc) is 2.90. The van der Waals surface area contributed by atoms with Gasteiger partial charge in [-0.15, -0.1) is 11.3 Å². The third-order valence-corrected chi connectivity index (χ3v) is 5.83. The zero-order valence-electron chi connectivity index (χ0n) is 8.55. The molecule has 7 heteroatoms. The molecule has 88 valence electrons. The molecule has 1 fully saturated rings. The van der Waals surface area contributed by atoms with E-state index in [9.17, 15) is 13.2 Å². The first-order valence-electron chi connectivity index (χ1n) is 4.90. The van der Waals surface area contributed by atoms with Gasteiger partial charge in [-0.3, -0.25) is 4.79 Å². The number of hydrogen-bond donors (Lipinski definition) is 1. The van der Waals surface area contributed by atoms with Gasteiger partial charge in [-0.25, -0.2) is 8.42 Å². The molecule has 1 aromatic rings. The van der Waals surface area contributed by atoms with Gasteiger partial charge in [0.1, 0.15) is 4.21 Å². The van der Waals surface area contributed by atoms with E-state index in [-0.39, 0.29) is 9.77 Å². The Balaban J connectivity index is 2.31. The van der Waals surface area contributed by atoms with Gasteiger partial charge in [0.25, 0.3) is 10.0 Å². The molecule has 16 heavy (non-hydrogen) atoms. The summed E-state index contributed by atoms with van der Waals surface area (Å²) in [5.41, 5.74) is 5.34. The van der Waals surface area contributed by atoms with Crippen molar-refractivity contribution in [3.8, 4) is 0 Å². The van der Waals surface area contributed by atoms with Gasteiger partial charge >= 0.3 is 0 Å². The largest absolute Gasteiger partial charge is 0.366 e. The Morgan fingerprint density at radius 3 is 2.50 bits per heavy atom. The summed E-state index contributed by atoms with van der Waals surface area (Å²) in [4.78, 5) is 10.9. The van der Waals surface area contributed by atoms with Crippen LogP contribution >= 0.6 is 11.3 Å². The van der Waals surface area contributed by atoms with E-state index in [1.165, 1.54) is 15.8 Å². The van der Waals surface area contributed by atoms with Crippen LogP contribution in [0.2, 0.25) is 0 Å². The minimum atomic E-state index is -3.41. The predicted octanol–water partition coefficient (Wildman–Crippen LogP) is 0.631. The van der Waals surface area contributed by atoms with Crippen molar-refractivity contribution < 1.29 is 13.2 Å². The maximum absolute atomic E-state index is 12.1. The average molecular weight is 260 g/mol. The molecular formula is C9H12N2O3S2. The van der Waals surface area contributed by atoms with Crippen molar-refractivity contribution >= 4 is 27.3 Å². The second kappa shape index (κ2) is 4.15. The number of nitrogens with two attached hydrogens (primary N) is 1. The number of amides is 1. The van der Waals surface area contributed by atoms with Crippen LogP contribution in [-0.2, 0) is 10.0 Å². The summed E-state index contributed by atoms with van der Waals surface area (Å²) in [6, 6.07) is 1.35. The molecule has 0 aromatic carbocycles. The lowest BCUT2D eigenvalue weighted by Crippen LogP contribution is -2.27. The highest BCUT2D eigenvalue weighted by molar-refractivity contribution is 7.91. The van der Waals surface area contributed by atoms with E-state index in [1.807, 2.05) is 0 Å². The molecule has 0 saturated carbocycles. The highest BCUT2D eigenvalue weighted by Crippen LogP contribution is 2.26. The monoisotopic (exact) mass is 260 g/mol. The van der Waals surface area contributed by atoms with Crippen molar-refractivity contribution in [1.29, 1.82) is 0 Å².